The van der Waals surface area contributed by atoms with Crippen molar-refractivity contribution < 1.29 is 0 Å². The van der Waals surface area contributed by atoms with Crippen molar-refractivity contribution in [2.24, 2.45) is 0 Å². The van der Waals surface area contributed by atoms with Crippen LogP contribution < -0.4 is 11.5 Å². The first-order valence-electron chi connectivity index (χ1n) is 6.01. The molecule has 4 N–H and O–H groups in total. The fourth-order valence-corrected chi connectivity index (χ4v) is 2.66. The van der Waals surface area contributed by atoms with E-state index in [4.69, 9.17) is 11.5 Å². The second-order valence-corrected chi connectivity index (χ2v) is 4.56. The molecule has 0 amide bonds. The largest absolute Gasteiger partial charge is 0.382 e. The predicted octanol–water partition coefficient (Wildman–Crippen LogP) is 1.45. The molecule has 1 fully saturated rings. The summed E-state index contributed by atoms with van der Waals surface area (Å²) in [6.45, 7) is 0. The van der Waals surface area contributed by atoms with Crippen LogP contribution in [0.5, 0.6) is 0 Å². The van der Waals surface area contributed by atoms with Crippen LogP contribution in [0, 0.1) is 0 Å². The summed E-state index contributed by atoms with van der Waals surface area (Å²) in [5.41, 5.74) is 12.4. The maximum absolute atomic E-state index is 5.98. The van der Waals surface area contributed by atoms with Gasteiger partial charge in [-0.15, -0.1) is 0 Å². The van der Waals surface area contributed by atoms with E-state index < -0.39 is 0 Å². The molecule has 0 spiro atoms. The number of nitrogens with zero attached hydrogens (tertiary/aromatic N) is 4. The molecule has 17 heavy (non-hydrogen) atoms. The highest BCUT2D eigenvalue weighted by atomic mass is 15.2. The summed E-state index contributed by atoms with van der Waals surface area (Å²) >= 11 is 0. The molecule has 6 nitrogen and oxygen atoms in total. The van der Waals surface area contributed by atoms with Gasteiger partial charge in [0.25, 0.3) is 0 Å². The number of aromatic nitrogens is 4. The minimum atomic E-state index is 0.363. The van der Waals surface area contributed by atoms with Gasteiger partial charge in [-0.3, -0.25) is 4.57 Å². The lowest BCUT2D eigenvalue weighted by molar-refractivity contribution is 0.354. The van der Waals surface area contributed by atoms with Gasteiger partial charge in [0.15, 0.2) is 11.6 Å². The van der Waals surface area contributed by atoms with Crippen LogP contribution in [-0.4, -0.2) is 19.5 Å². The van der Waals surface area contributed by atoms with E-state index in [2.05, 4.69) is 15.0 Å². The van der Waals surface area contributed by atoms with E-state index in [9.17, 15) is 0 Å². The third-order valence-electron chi connectivity index (χ3n) is 3.47. The Bertz CT molecular complexity index is 499. The van der Waals surface area contributed by atoms with Crippen molar-refractivity contribution in [1.82, 2.24) is 19.5 Å². The molecule has 0 saturated heterocycles. The van der Waals surface area contributed by atoms with Crippen LogP contribution in [0.25, 0.3) is 11.5 Å². The fourth-order valence-electron chi connectivity index (χ4n) is 2.66. The normalized spacial score (nSPS) is 17.6. The first kappa shape index (κ1) is 10.3. The number of anilines is 2. The van der Waals surface area contributed by atoms with Crippen molar-refractivity contribution in [3.05, 3.63) is 6.33 Å². The van der Waals surface area contributed by atoms with Crippen LogP contribution in [0.2, 0.25) is 0 Å². The van der Waals surface area contributed by atoms with Crippen LogP contribution in [0.1, 0.15) is 38.1 Å². The van der Waals surface area contributed by atoms with Crippen molar-refractivity contribution in [2.45, 2.75) is 38.1 Å². The summed E-state index contributed by atoms with van der Waals surface area (Å²) in [5.74, 6) is 1.58. The van der Waals surface area contributed by atoms with E-state index in [1.165, 1.54) is 25.6 Å². The zero-order valence-electron chi connectivity index (χ0n) is 9.63. The molecule has 0 atom stereocenters. The van der Waals surface area contributed by atoms with Gasteiger partial charge in [0.05, 0.1) is 0 Å². The fraction of sp³-hybridized carbons (Fsp3) is 0.545. The monoisotopic (exact) mass is 232 g/mol. The standard InChI is InChI=1S/C11H16N6/c12-9-8-10(15-6-14-8)17(11(13)16-9)7-4-2-1-3-5-7/h6-7H,1-5,12H2,(H2,13,16). The maximum Gasteiger partial charge on any atom is 0.204 e. The summed E-state index contributed by atoms with van der Waals surface area (Å²) < 4.78 is 2.00. The average molecular weight is 232 g/mol. The van der Waals surface area contributed by atoms with E-state index in [1.54, 1.807) is 0 Å². The average Bonchev–Trinajstić information content (AvgIpc) is 2.79. The van der Waals surface area contributed by atoms with Gasteiger partial charge in [-0.1, -0.05) is 19.3 Å². The van der Waals surface area contributed by atoms with Crippen LogP contribution >= 0.6 is 0 Å². The molecule has 6 heteroatoms. The van der Waals surface area contributed by atoms with Gasteiger partial charge < -0.3 is 11.5 Å². The summed E-state index contributed by atoms with van der Waals surface area (Å²) in [4.78, 5) is 12.6. The Labute approximate surface area is 99.4 Å². The molecule has 90 valence electrons. The van der Waals surface area contributed by atoms with Crippen LogP contribution in [0.15, 0.2) is 6.33 Å². The summed E-state index contributed by atoms with van der Waals surface area (Å²) in [5, 5.41) is 0. The molecule has 0 aromatic carbocycles. The first-order chi connectivity index (χ1) is 8.27. The van der Waals surface area contributed by atoms with Gasteiger partial charge in [-0.05, 0) is 12.8 Å². The zero-order chi connectivity index (χ0) is 11.8. The van der Waals surface area contributed by atoms with Crippen molar-refractivity contribution >= 4 is 11.8 Å². The molecule has 0 unspecified atom stereocenters. The Kier molecular flexibility index (Phi) is 2.35. The molecular weight excluding hydrogens is 216 g/mol. The van der Waals surface area contributed by atoms with Crippen LogP contribution in [-0.2, 0) is 0 Å². The zero-order valence-corrected chi connectivity index (χ0v) is 9.63. The van der Waals surface area contributed by atoms with Gasteiger partial charge >= 0.3 is 0 Å². The van der Waals surface area contributed by atoms with E-state index in [1.807, 2.05) is 4.57 Å². The number of hydrogen-bond donors (Lipinski definition) is 2. The molecule has 2 heterocycles. The maximum atomic E-state index is 5.98. The Balaban J connectivity index is 2.12. The SMILES string of the molecule is Nc1nc(N)n(C2CCCCC2)c2ncnc1-2. The molecule has 0 bridgehead atoms. The van der Waals surface area contributed by atoms with Crippen molar-refractivity contribution in [3.63, 3.8) is 0 Å². The number of fused-ring (bicyclic) bond motifs is 1. The van der Waals surface area contributed by atoms with Crippen molar-refractivity contribution in [2.75, 3.05) is 11.5 Å². The van der Waals surface area contributed by atoms with E-state index in [-0.39, 0.29) is 0 Å². The van der Waals surface area contributed by atoms with E-state index in [0.717, 1.165) is 18.7 Å². The highest BCUT2D eigenvalue weighted by molar-refractivity contribution is 5.67. The van der Waals surface area contributed by atoms with Crippen LogP contribution in [0.3, 0.4) is 0 Å². The Morgan fingerprint density at radius 2 is 1.88 bits per heavy atom. The van der Waals surface area contributed by atoms with Gasteiger partial charge in [0, 0.05) is 6.04 Å². The lowest BCUT2D eigenvalue weighted by Crippen LogP contribution is -2.21. The second kappa shape index (κ2) is 3.87. The van der Waals surface area contributed by atoms with Gasteiger partial charge in [-0.2, -0.15) is 4.98 Å². The molecule has 3 aliphatic rings. The number of hydrogen-bond acceptors (Lipinski definition) is 5. The Morgan fingerprint density at radius 3 is 2.65 bits per heavy atom. The van der Waals surface area contributed by atoms with Crippen molar-refractivity contribution in [1.29, 1.82) is 0 Å². The third kappa shape index (κ3) is 1.60. The molecule has 0 radical (unpaired) electrons. The number of nitrogens with two attached hydrogens (primary N) is 2. The smallest absolute Gasteiger partial charge is 0.204 e. The number of rotatable bonds is 1. The minimum Gasteiger partial charge on any atom is -0.382 e. The first-order valence-corrected chi connectivity index (χ1v) is 6.01. The quantitative estimate of drug-likeness (QED) is 0.775. The minimum absolute atomic E-state index is 0.363. The van der Waals surface area contributed by atoms with Crippen LogP contribution in [0.4, 0.5) is 11.8 Å². The third-order valence-corrected chi connectivity index (χ3v) is 3.47. The predicted molar refractivity (Wildman–Crippen MR) is 65.4 cm³/mol. The summed E-state index contributed by atoms with van der Waals surface area (Å²) in [7, 11) is 0. The van der Waals surface area contributed by atoms with E-state index >= 15 is 0 Å². The highest BCUT2D eigenvalue weighted by Crippen LogP contribution is 2.35. The lowest BCUT2D eigenvalue weighted by atomic mass is 9.95. The molecule has 0 aromatic rings. The molecule has 3 rings (SSSR count). The summed E-state index contributed by atoms with van der Waals surface area (Å²) in [6, 6.07) is 0.385. The Morgan fingerprint density at radius 1 is 1.12 bits per heavy atom. The topological polar surface area (TPSA) is 95.6 Å². The summed E-state index contributed by atoms with van der Waals surface area (Å²) in [6.07, 6.45) is 7.54. The molecule has 2 aliphatic heterocycles. The molecule has 1 saturated carbocycles. The highest BCUT2D eigenvalue weighted by Gasteiger charge is 2.24. The second-order valence-electron chi connectivity index (χ2n) is 4.56. The van der Waals surface area contributed by atoms with Gasteiger partial charge in [0.2, 0.25) is 5.95 Å². The van der Waals surface area contributed by atoms with Crippen molar-refractivity contribution in [3.8, 4) is 11.5 Å². The number of nitrogen functional groups attached to an aromatic ring is 2. The van der Waals surface area contributed by atoms with E-state index in [0.29, 0.717) is 23.5 Å². The molecule has 1 aliphatic carbocycles. The van der Waals surface area contributed by atoms with Gasteiger partial charge in [0.1, 0.15) is 12.0 Å². The van der Waals surface area contributed by atoms with Gasteiger partial charge in [-0.25, -0.2) is 9.97 Å². The lowest BCUT2D eigenvalue weighted by Gasteiger charge is -2.27. The Hall–Kier alpha value is -1.85. The molecular formula is C11H16N6. The molecule has 0 aromatic heterocycles. The number of imidazole rings is 1.